The summed E-state index contributed by atoms with van der Waals surface area (Å²) in [6, 6.07) is 4.72. The molecule has 0 unspecified atom stereocenters. The first-order valence-corrected chi connectivity index (χ1v) is 5.72. The van der Waals surface area contributed by atoms with Crippen molar-refractivity contribution in [3.63, 3.8) is 0 Å². The van der Waals surface area contributed by atoms with E-state index in [1.54, 1.807) is 0 Å². The van der Waals surface area contributed by atoms with Gasteiger partial charge in [0.05, 0.1) is 18.8 Å². The van der Waals surface area contributed by atoms with E-state index in [1.807, 2.05) is 0 Å². The lowest BCUT2D eigenvalue weighted by atomic mass is 10.1. The fraction of sp³-hybridized carbons (Fsp3) is 0.308. The number of cyclic esters (lactones) is 2. The molecule has 0 spiro atoms. The number of hydrogen-bond donors (Lipinski definition) is 0. The molecule has 2 rings (SSSR count). The molecule has 1 heterocycles. The number of ether oxygens (including phenoxy) is 3. The predicted molar refractivity (Wildman–Crippen MR) is 61.6 cm³/mol. The number of carbonyl (C=O) groups is 1. The molecule has 1 aromatic rings. The Morgan fingerprint density at radius 3 is 2.50 bits per heavy atom. The molecule has 1 fully saturated rings. The number of rotatable bonds is 4. The van der Waals surface area contributed by atoms with E-state index in [4.69, 9.17) is 4.74 Å². The third-order valence-electron chi connectivity index (χ3n) is 2.53. The Morgan fingerprint density at radius 1 is 1.25 bits per heavy atom. The minimum Gasteiger partial charge on any atom is -0.426 e. The van der Waals surface area contributed by atoms with Gasteiger partial charge in [-0.05, 0) is 23.8 Å². The zero-order chi connectivity index (χ0) is 14.6. The Labute approximate surface area is 112 Å². The highest BCUT2D eigenvalue weighted by Crippen LogP contribution is 2.29. The number of hydrogen-bond acceptors (Lipinski definition) is 4. The van der Waals surface area contributed by atoms with E-state index in [0.717, 1.165) is 12.1 Å². The lowest BCUT2D eigenvalue weighted by molar-refractivity contribution is -0.137. The van der Waals surface area contributed by atoms with Crippen molar-refractivity contribution >= 4 is 6.16 Å². The summed E-state index contributed by atoms with van der Waals surface area (Å²) in [5.74, 6) is 0.363. The smallest absolute Gasteiger partial charge is 0.426 e. The van der Waals surface area contributed by atoms with Gasteiger partial charge >= 0.3 is 12.3 Å². The average Bonchev–Trinajstić information content (AvgIpc) is 2.80. The van der Waals surface area contributed by atoms with E-state index in [9.17, 15) is 18.0 Å². The van der Waals surface area contributed by atoms with E-state index >= 15 is 0 Å². The van der Waals surface area contributed by atoms with Crippen LogP contribution in [0.5, 0.6) is 0 Å². The van der Waals surface area contributed by atoms with Gasteiger partial charge in [-0.25, -0.2) is 4.79 Å². The maximum absolute atomic E-state index is 12.3. The van der Waals surface area contributed by atoms with Gasteiger partial charge in [0.15, 0.2) is 6.61 Å². The van der Waals surface area contributed by atoms with Crippen LogP contribution in [0.2, 0.25) is 0 Å². The molecule has 1 aliphatic heterocycles. The summed E-state index contributed by atoms with van der Waals surface area (Å²) in [5, 5.41) is 0. The van der Waals surface area contributed by atoms with E-state index in [1.165, 1.54) is 18.2 Å². The van der Waals surface area contributed by atoms with Crippen LogP contribution in [-0.2, 0) is 27.0 Å². The predicted octanol–water partition coefficient (Wildman–Crippen LogP) is 3.27. The van der Waals surface area contributed by atoms with Crippen LogP contribution >= 0.6 is 0 Å². The minimum atomic E-state index is -4.34. The second kappa shape index (κ2) is 5.96. The van der Waals surface area contributed by atoms with E-state index < -0.39 is 17.9 Å². The van der Waals surface area contributed by atoms with E-state index in [0.29, 0.717) is 11.3 Å². The first-order valence-electron chi connectivity index (χ1n) is 5.72. The molecular weight excluding hydrogens is 277 g/mol. The zero-order valence-corrected chi connectivity index (χ0v) is 10.3. The molecule has 1 aliphatic rings. The Morgan fingerprint density at radius 2 is 1.95 bits per heavy atom. The number of alkyl halides is 3. The largest absolute Gasteiger partial charge is 0.514 e. The molecule has 0 aromatic heterocycles. The molecule has 0 atom stereocenters. The molecule has 0 amide bonds. The highest BCUT2D eigenvalue weighted by atomic mass is 19.4. The van der Waals surface area contributed by atoms with Gasteiger partial charge in [0.25, 0.3) is 0 Å². The summed E-state index contributed by atoms with van der Waals surface area (Å²) >= 11 is 0. The van der Waals surface area contributed by atoms with Crippen molar-refractivity contribution in [2.75, 3.05) is 13.2 Å². The van der Waals surface area contributed by atoms with Gasteiger partial charge in [0.1, 0.15) is 5.76 Å². The summed E-state index contributed by atoms with van der Waals surface area (Å²) < 4.78 is 51.4. The van der Waals surface area contributed by atoms with Crippen molar-refractivity contribution in [2.45, 2.75) is 12.8 Å². The molecular formula is C13H11F3O4. The molecule has 20 heavy (non-hydrogen) atoms. The zero-order valence-electron chi connectivity index (χ0n) is 10.3. The van der Waals surface area contributed by atoms with Crippen LogP contribution in [0.25, 0.3) is 0 Å². The minimum absolute atomic E-state index is 0.0719. The molecule has 7 heteroatoms. The normalized spacial score (nSPS) is 17.1. The van der Waals surface area contributed by atoms with Crippen LogP contribution in [0.3, 0.4) is 0 Å². The first kappa shape index (κ1) is 14.4. The van der Waals surface area contributed by atoms with Crippen molar-refractivity contribution < 1.29 is 32.2 Å². The van der Waals surface area contributed by atoms with E-state index in [-0.39, 0.29) is 19.8 Å². The molecule has 1 aromatic carbocycles. The second-order valence-corrected chi connectivity index (χ2v) is 4.02. The van der Waals surface area contributed by atoms with Gasteiger partial charge in [-0.1, -0.05) is 12.1 Å². The van der Waals surface area contributed by atoms with Gasteiger partial charge < -0.3 is 14.2 Å². The SMILES string of the molecule is O=C1OC/C(=C\COCc2ccc(C(F)(F)F)cc2)O1. The summed E-state index contributed by atoms with van der Waals surface area (Å²) in [7, 11) is 0. The van der Waals surface area contributed by atoms with Crippen LogP contribution in [0.15, 0.2) is 36.1 Å². The third-order valence-corrected chi connectivity index (χ3v) is 2.53. The fourth-order valence-corrected chi connectivity index (χ4v) is 1.52. The molecule has 108 valence electrons. The standard InChI is InChI=1S/C13H11F3O4/c14-13(15,16)10-3-1-9(2-4-10)7-18-6-5-11-8-19-12(17)20-11/h1-5H,6-8H2/b11-5+. The van der Waals surface area contributed by atoms with Crippen molar-refractivity contribution in [1.29, 1.82) is 0 Å². The Bertz CT molecular complexity index is 505. The van der Waals surface area contributed by atoms with Crippen LogP contribution < -0.4 is 0 Å². The second-order valence-electron chi connectivity index (χ2n) is 4.02. The number of halogens is 3. The average molecular weight is 288 g/mol. The first-order chi connectivity index (χ1) is 9.45. The van der Waals surface area contributed by atoms with Crippen molar-refractivity contribution in [1.82, 2.24) is 0 Å². The monoisotopic (exact) mass is 288 g/mol. The molecule has 0 N–H and O–H groups in total. The lowest BCUT2D eigenvalue weighted by Gasteiger charge is -2.07. The molecule has 1 saturated heterocycles. The van der Waals surface area contributed by atoms with Crippen molar-refractivity contribution in [3.05, 3.63) is 47.2 Å². The van der Waals surface area contributed by atoms with Crippen LogP contribution in [0.4, 0.5) is 18.0 Å². The quantitative estimate of drug-likeness (QED) is 0.630. The summed E-state index contributed by atoms with van der Waals surface area (Å²) in [6.07, 6.45) is -3.55. The molecule has 0 radical (unpaired) electrons. The fourth-order valence-electron chi connectivity index (χ4n) is 1.52. The third kappa shape index (κ3) is 3.99. The number of carbonyl (C=O) groups excluding carboxylic acids is 1. The van der Waals surface area contributed by atoms with Crippen LogP contribution in [0, 0.1) is 0 Å². The maximum Gasteiger partial charge on any atom is 0.514 e. The van der Waals surface area contributed by atoms with Gasteiger partial charge in [-0.2, -0.15) is 13.2 Å². The Kier molecular flexibility index (Phi) is 4.29. The Balaban J connectivity index is 1.78. The topological polar surface area (TPSA) is 44.8 Å². The molecule has 0 saturated carbocycles. The lowest BCUT2D eigenvalue weighted by Crippen LogP contribution is -2.04. The summed E-state index contributed by atoms with van der Waals surface area (Å²) in [4.78, 5) is 10.6. The van der Waals surface area contributed by atoms with Gasteiger partial charge in [0, 0.05) is 0 Å². The van der Waals surface area contributed by atoms with Crippen molar-refractivity contribution in [2.24, 2.45) is 0 Å². The van der Waals surface area contributed by atoms with Gasteiger partial charge in [-0.15, -0.1) is 0 Å². The summed E-state index contributed by atoms with van der Waals surface area (Å²) in [6.45, 7) is 0.409. The van der Waals surface area contributed by atoms with E-state index in [2.05, 4.69) is 9.47 Å². The molecule has 0 bridgehead atoms. The summed E-state index contributed by atoms with van der Waals surface area (Å²) in [5.41, 5.74) is -0.0746. The van der Waals surface area contributed by atoms with Gasteiger partial charge in [-0.3, -0.25) is 0 Å². The maximum atomic E-state index is 12.3. The molecule has 0 aliphatic carbocycles. The Hall–Kier alpha value is -2.02. The van der Waals surface area contributed by atoms with Gasteiger partial charge in [0.2, 0.25) is 0 Å². The highest BCUT2D eigenvalue weighted by Gasteiger charge is 2.29. The van der Waals surface area contributed by atoms with Crippen molar-refractivity contribution in [3.8, 4) is 0 Å². The highest BCUT2D eigenvalue weighted by molar-refractivity contribution is 5.64. The number of benzene rings is 1. The van der Waals surface area contributed by atoms with Crippen LogP contribution in [-0.4, -0.2) is 19.4 Å². The molecule has 4 nitrogen and oxygen atoms in total. The van der Waals surface area contributed by atoms with Crippen LogP contribution in [0.1, 0.15) is 11.1 Å².